The molecule has 0 spiro atoms. The van der Waals surface area contributed by atoms with Crippen LogP contribution in [0, 0.1) is 0 Å². The maximum Gasteiger partial charge on any atom is 0.198 e. The van der Waals surface area contributed by atoms with Gasteiger partial charge in [0.2, 0.25) is 0 Å². The highest BCUT2D eigenvalue weighted by atomic mass is 35.5. The van der Waals surface area contributed by atoms with Gasteiger partial charge >= 0.3 is 0 Å². The molecule has 1 aromatic rings. The van der Waals surface area contributed by atoms with Crippen molar-refractivity contribution in [2.45, 2.75) is 12.8 Å². The molecular formula is C11H9Cl2O. The van der Waals surface area contributed by atoms with E-state index in [9.17, 15) is 4.79 Å². The predicted octanol–water partition coefficient (Wildman–Crippen LogP) is 3.90. The van der Waals surface area contributed by atoms with Crippen molar-refractivity contribution in [3.8, 4) is 0 Å². The van der Waals surface area contributed by atoms with Crippen LogP contribution in [0.1, 0.15) is 18.4 Å². The first-order valence-corrected chi connectivity index (χ1v) is 4.96. The molecular weight excluding hydrogens is 219 g/mol. The molecule has 73 valence electrons. The fourth-order valence-corrected chi connectivity index (χ4v) is 1.46. The summed E-state index contributed by atoms with van der Waals surface area (Å²) in [7, 11) is 0. The van der Waals surface area contributed by atoms with Crippen molar-refractivity contribution in [3.63, 3.8) is 0 Å². The summed E-state index contributed by atoms with van der Waals surface area (Å²) in [6.45, 7) is 0. The van der Waals surface area contributed by atoms with Gasteiger partial charge in [-0.15, -0.1) is 0 Å². The second kappa shape index (κ2) is 5.84. The van der Waals surface area contributed by atoms with Gasteiger partial charge in [0.15, 0.2) is 6.29 Å². The number of carbonyl (C=O) groups excluding carboxylic acids is 1. The third-order valence-electron chi connectivity index (χ3n) is 1.67. The van der Waals surface area contributed by atoms with Crippen LogP contribution in [0.4, 0.5) is 0 Å². The van der Waals surface area contributed by atoms with Crippen molar-refractivity contribution in [1.82, 2.24) is 0 Å². The topological polar surface area (TPSA) is 17.1 Å². The lowest BCUT2D eigenvalue weighted by Crippen LogP contribution is -1.75. The molecule has 14 heavy (non-hydrogen) atoms. The fourth-order valence-electron chi connectivity index (χ4n) is 0.989. The first-order chi connectivity index (χ1) is 6.74. The van der Waals surface area contributed by atoms with Crippen LogP contribution in [0.5, 0.6) is 0 Å². The maximum atomic E-state index is 9.93. The molecule has 0 aliphatic carbocycles. The molecule has 1 nitrogen and oxygen atoms in total. The third kappa shape index (κ3) is 3.52. The second-order valence-electron chi connectivity index (χ2n) is 2.75. The highest BCUT2D eigenvalue weighted by Crippen LogP contribution is 2.22. The van der Waals surface area contributed by atoms with Gasteiger partial charge in [-0.3, -0.25) is 4.79 Å². The quantitative estimate of drug-likeness (QED) is 0.714. The summed E-state index contributed by atoms with van der Waals surface area (Å²) in [5.41, 5.74) is 0.905. The van der Waals surface area contributed by atoms with Crippen molar-refractivity contribution < 1.29 is 4.79 Å². The van der Waals surface area contributed by atoms with Gasteiger partial charge in [-0.2, -0.15) is 0 Å². The van der Waals surface area contributed by atoms with Crippen LogP contribution in [-0.4, -0.2) is 6.29 Å². The molecule has 1 rings (SSSR count). The lowest BCUT2D eigenvalue weighted by Gasteiger charge is -1.97. The van der Waals surface area contributed by atoms with E-state index in [0.29, 0.717) is 22.9 Å². The van der Waals surface area contributed by atoms with Crippen LogP contribution < -0.4 is 0 Å². The van der Waals surface area contributed by atoms with Crippen LogP contribution in [0.3, 0.4) is 0 Å². The summed E-state index contributed by atoms with van der Waals surface area (Å²) < 4.78 is 0. The fraction of sp³-hybridized carbons (Fsp3) is 0.182. The molecule has 1 aromatic carbocycles. The molecule has 0 aromatic heterocycles. The van der Waals surface area contributed by atoms with E-state index in [2.05, 4.69) is 0 Å². The minimum atomic E-state index is 0.418. The maximum absolute atomic E-state index is 9.93. The Labute approximate surface area is 93.3 Å². The Morgan fingerprint density at radius 1 is 1.36 bits per heavy atom. The van der Waals surface area contributed by atoms with E-state index in [4.69, 9.17) is 23.2 Å². The standard InChI is InChI=1S/C11H9Cl2O/c12-10-6-5-9(11(13)8-10)4-2-1-3-7-14/h2,4-6,8H,1,3H2/b4-2+. The second-order valence-corrected chi connectivity index (χ2v) is 3.59. The van der Waals surface area contributed by atoms with Crippen molar-refractivity contribution in [3.05, 3.63) is 39.9 Å². The van der Waals surface area contributed by atoms with Crippen molar-refractivity contribution in [2.24, 2.45) is 0 Å². The summed E-state index contributed by atoms with van der Waals surface area (Å²) in [6, 6.07) is 5.30. The first-order valence-electron chi connectivity index (χ1n) is 4.20. The first kappa shape index (κ1) is 11.3. The van der Waals surface area contributed by atoms with Crippen LogP contribution in [0.15, 0.2) is 24.3 Å². The summed E-state index contributed by atoms with van der Waals surface area (Å²) in [5, 5.41) is 1.23. The Hall–Kier alpha value is -0.790. The molecule has 0 aliphatic rings. The van der Waals surface area contributed by atoms with Gasteiger partial charge in [-0.1, -0.05) is 41.4 Å². The molecule has 0 saturated heterocycles. The number of halogens is 2. The number of unbranched alkanes of at least 4 members (excludes halogenated alkanes) is 1. The zero-order chi connectivity index (χ0) is 10.4. The molecule has 0 saturated carbocycles. The van der Waals surface area contributed by atoms with Gasteiger partial charge in [0.1, 0.15) is 0 Å². The Kier molecular flexibility index (Phi) is 4.71. The van der Waals surface area contributed by atoms with E-state index >= 15 is 0 Å². The normalized spacial score (nSPS) is 10.7. The van der Waals surface area contributed by atoms with Crippen LogP contribution in [-0.2, 0) is 4.79 Å². The molecule has 0 bridgehead atoms. The van der Waals surface area contributed by atoms with Crippen LogP contribution >= 0.6 is 23.2 Å². The Balaban J connectivity index is 2.67. The molecule has 0 amide bonds. The minimum absolute atomic E-state index is 0.418. The van der Waals surface area contributed by atoms with Gasteiger partial charge in [0.05, 0.1) is 0 Å². The summed E-state index contributed by atoms with van der Waals surface area (Å²) >= 11 is 11.7. The van der Waals surface area contributed by atoms with E-state index in [1.807, 2.05) is 24.5 Å². The Morgan fingerprint density at radius 3 is 2.79 bits per heavy atom. The smallest absolute Gasteiger partial charge is 0.198 e. The summed E-state index contributed by atoms with van der Waals surface area (Å²) in [4.78, 5) is 9.93. The lowest BCUT2D eigenvalue weighted by molar-refractivity contribution is 0.552. The molecule has 1 radical (unpaired) electrons. The molecule has 3 heteroatoms. The van der Waals surface area contributed by atoms with Gasteiger partial charge in [0.25, 0.3) is 0 Å². The summed E-state index contributed by atoms with van der Waals surface area (Å²) in [6.07, 6.45) is 6.68. The predicted molar refractivity (Wildman–Crippen MR) is 60.4 cm³/mol. The van der Waals surface area contributed by atoms with Crippen LogP contribution in [0.25, 0.3) is 6.08 Å². The number of benzene rings is 1. The van der Waals surface area contributed by atoms with E-state index in [1.54, 1.807) is 12.1 Å². The number of hydrogen-bond donors (Lipinski definition) is 0. The van der Waals surface area contributed by atoms with Gasteiger partial charge in [-0.25, -0.2) is 0 Å². The highest BCUT2D eigenvalue weighted by molar-refractivity contribution is 6.35. The monoisotopic (exact) mass is 227 g/mol. The molecule has 0 aliphatic heterocycles. The average Bonchev–Trinajstić information content (AvgIpc) is 2.15. The molecule has 0 fully saturated rings. The van der Waals surface area contributed by atoms with Crippen LogP contribution in [0.2, 0.25) is 10.0 Å². The zero-order valence-corrected chi connectivity index (χ0v) is 8.98. The molecule has 0 N–H and O–H groups in total. The minimum Gasteiger partial charge on any atom is -0.291 e. The largest absolute Gasteiger partial charge is 0.291 e. The Morgan fingerprint density at radius 2 is 2.14 bits per heavy atom. The average molecular weight is 228 g/mol. The van der Waals surface area contributed by atoms with Crippen molar-refractivity contribution in [2.75, 3.05) is 0 Å². The number of hydrogen-bond acceptors (Lipinski definition) is 1. The van der Waals surface area contributed by atoms with Crippen molar-refractivity contribution in [1.29, 1.82) is 0 Å². The van der Waals surface area contributed by atoms with E-state index in [1.165, 1.54) is 0 Å². The van der Waals surface area contributed by atoms with E-state index < -0.39 is 0 Å². The van der Waals surface area contributed by atoms with Crippen molar-refractivity contribution >= 4 is 35.6 Å². The van der Waals surface area contributed by atoms with E-state index in [-0.39, 0.29) is 0 Å². The summed E-state index contributed by atoms with van der Waals surface area (Å²) in [5.74, 6) is 0. The molecule has 0 heterocycles. The van der Waals surface area contributed by atoms with Gasteiger partial charge in [0, 0.05) is 16.5 Å². The Bertz CT molecular complexity index is 345. The third-order valence-corrected chi connectivity index (χ3v) is 2.24. The van der Waals surface area contributed by atoms with Gasteiger partial charge in [-0.05, 0) is 24.1 Å². The SMILES string of the molecule is O=[C]CC/C=C/c1ccc(Cl)cc1Cl. The molecule has 0 atom stereocenters. The highest BCUT2D eigenvalue weighted by Gasteiger charge is 1.96. The molecule has 0 unspecified atom stereocenters. The van der Waals surface area contributed by atoms with E-state index in [0.717, 1.165) is 5.56 Å². The lowest BCUT2D eigenvalue weighted by atomic mass is 10.2. The number of allylic oxidation sites excluding steroid dienone is 1. The number of rotatable bonds is 4. The van der Waals surface area contributed by atoms with Gasteiger partial charge < -0.3 is 0 Å². The zero-order valence-electron chi connectivity index (χ0n) is 7.47.